The number of aryl methyl sites for hydroxylation is 1. The smallest absolute Gasteiger partial charge is 0.216 e. The maximum absolute atomic E-state index is 12.1. The first kappa shape index (κ1) is 18.1. The van der Waals surface area contributed by atoms with Gasteiger partial charge >= 0.3 is 0 Å². The average Bonchev–Trinajstić information content (AvgIpc) is 2.51. The summed E-state index contributed by atoms with van der Waals surface area (Å²) in [6.07, 6.45) is 0. The van der Waals surface area contributed by atoms with Gasteiger partial charge in [0.1, 0.15) is 0 Å². The molecule has 0 aliphatic carbocycles. The molecule has 0 aliphatic heterocycles. The Hall–Kier alpha value is -2.29. The van der Waals surface area contributed by atoms with Crippen molar-refractivity contribution in [3.63, 3.8) is 0 Å². The molecule has 2 aromatic rings. The molecule has 5 heteroatoms. The first-order valence-electron chi connectivity index (χ1n) is 7.65. The van der Waals surface area contributed by atoms with Crippen molar-refractivity contribution in [3.05, 3.63) is 65.2 Å². The number of nitrogens with zero attached hydrogens (tertiary/aromatic N) is 1. The number of anilines is 1. The minimum absolute atomic E-state index is 0.0338. The Morgan fingerprint density at radius 3 is 2.42 bits per heavy atom. The van der Waals surface area contributed by atoms with Crippen LogP contribution >= 0.6 is 0 Å². The van der Waals surface area contributed by atoms with Gasteiger partial charge in [0.15, 0.2) is 0 Å². The second kappa shape index (κ2) is 8.00. The van der Waals surface area contributed by atoms with Gasteiger partial charge in [-0.05, 0) is 36.8 Å². The van der Waals surface area contributed by atoms with Crippen molar-refractivity contribution in [3.8, 4) is 11.8 Å². The largest absolute Gasteiger partial charge is 0.378 e. The van der Waals surface area contributed by atoms with E-state index in [1.807, 2.05) is 74.4 Å². The molecule has 0 unspecified atom stereocenters. The van der Waals surface area contributed by atoms with E-state index in [4.69, 9.17) is 0 Å². The molecule has 0 aromatic heterocycles. The maximum Gasteiger partial charge on any atom is 0.216 e. The van der Waals surface area contributed by atoms with E-state index in [0.29, 0.717) is 0 Å². The van der Waals surface area contributed by atoms with E-state index in [0.717, 1.165) is 22.4 Å². The van der Waals surface area contributed by atoms with Crippen LogP contribution in [-0.4, -0.2) is 29.1 Å². The molecule has 4 nitrogen and oxygen atoms in total. The molecule has 0 atom stereocenters. The Morgan fingerprint density at radius 2 is 1.79 bits per heavy atom. The standard InChI is InChI=1S/C19H22N2O2S/c1-16-6-4-7-18(14-16)15-24(22,23)20-13-5-8-17-9-11-19(12-10-17)21(2)3/h4,6-7,9-12,14,20H,13,15H2,1-3H3. The van der Waals surface area contributed by atoms with E-state index in [9.17, 15) is 8.42 Å². The summed E-state index contributed by atoms with van der Waals surface area (Å²) in [4.78, 5) is 2.01. The minimum atomic E-state index is -3.38. The Kier molecular flexibility index (Phi) is 6.02. The van der Waals surface area contributed by atoms with Crippen LogP contribution in [-0.2, 0) is 15.8 Å². The Balaban J connectivity index is 1.91. The predicted octanol–water partition coefficient (Wildman–Crippen LogP) is 2.53. The lowest BCUT2D eigenvalue weighted by atomic mass is 10.2. The van der Waals surface area contributed by atoms with Gasteiger partial charge in [-0.3, -0.25) is 0 Å². The summed E-state index contributed by atoms with van der Waals surface area (Å²) in [5.74, 6) is 5.78. The molecule has 24 heavy (non-hydrogen) atoms. The van der Waals surface area contributed by atoms with Gasteiger partial charge in [-0.25, -0.2) is 13.1 Å². The Morgan fingerprint density at radius 1 is 1.08 bits per heavy atom. The van der Waals surface area contributed by atoms with E-state index < -0.39 is 10.0 Å². The Labute approximate surface area is 144 Å². The summed E-state index contributed by atoms with van der Waals surface area (Å²) in [5.41, 5.74) is 3.77. The van der Waals surface area contributed by atoms with Crippen LogP contribution in [0.5, 0.6) is 0 Å². The topological polar surface area (TPSA) is 49.4 Å². The molecule has 2 aromatic carbocycles. The van der Waals surface area contributed by atoms with Crippen molar-refractivity contribution < 1.29 is 8.42 Å². The van der Waals surface area contributed by atoms with E-state index in [1.54, 1.807) is 0 Å². The number of rotatable bonds is 5. The highest BCUT2D eigenvalue weighted by molar-refractivity contribution is 7.88. The fourth-order valence-electron chi connectivity index (χ4n) is 2.21. The highest BCUT2D eigenvalue weighted by atomic mass is 32.2. The van der Waals surface area contributed by atoms with Gasteiger partial charge in [-0.2, -0.15) is 0 Å². The highest BCUT2D eigenvalue weighted by Gasteiger charge is 2.10. The quantitative estimate of drug-likeness (QED) is 0.850. The third-order valence-corrected chi connectivity index (χ3v) is 4.73. The van der Waals surface area contributed by atoms with Crippen molar-refractivity contribution in [1.29, 1.82) is 0 Å². The minimum Gasteiger partial charge on any atom is -0.378 e. The van der Waals surface area contributed by atoms with Crippen molar-refractivity contribution >= 4 is 15.7 Å². The zero-order valence-electron chi connectivity index (χ0n) is 14.2. The SMILES string of the molecule is Cc1cccc(CS(=O)(=O)NCC#Cc2ccc(N(C)C)cc2)c1. The van der Waals surface area contributed by atoms with Gasteiger partial charge in [0.25, 0.3) is 0 Å². The lowest BCUT2D eigenvalue weighted by molar-refractivity contribution is 0.585. The molecule has 0 amide bonds. The lowest BCUT2D eigenvalue weighted by Gasteiger charge is -2.11. The van der Waals surface area contributed by atoms with Gasteiger partial charge in [0, 0.05) is 25.3 Å². The molecule has 126 valence electrons. The molecule has 0 bridgehead atoms. The number of nitrogens with one attached hydrogen (secondary N) is 1. The van der Waals surface area contributed by atoms with Crippen molar-refractivity contribution in [2.45, 2.75) is 12.7 Å². The number of hydrogen-bond acceptors (Lipinski definition) is 3. The van der Waals surface area contributed by atoms with Gasteiger partial charge in [0.05, 0.1) is 12.3 Å². The zero-order chi connectivity index (χ0) is 17.6. The van der Waals surface area contributed by atoms with Crippen LogP contribution in [0.15, 0.2) is 48.5 Å². The molecule has 0 fully saturated rings. The fourth-order valence-corrected chi connectivity index (χ4v) is 3.22. The van der Waals surface area contributed by atoms with E-state index in [1.165, 1.54) is 0 Å². The molecular weight excluding hydrogens is 320 g/mol. The van der Waals surface area contributed by atoms with Crippen molar-refractivity contribution in [1.82, 2.24) is 4.72 Å². The normalized spacial score (nSPS) is 10.8. The molecular formula is C19H22N2O2S. The van der Waals surface area contributed by atoms with Gasteiger partial charge in [-0.15, -0.1) is 0 Å². The molecule has 2 rings (SSSR count). The highest BCUT2D eigenvalue weighted by Crippen LogP contribution is 2.11. The van der Waals surface area contributed by atoms with Crippen molar-refractivity contribution in [2.75, 3.05) is 25.5 Å². The molecule has 0 saturated carbocycles. The molecule has 0 radical (unpaired) electrons. The van der Waals surface area contributed by atoms with Gasteiger partial charge in [0.2, 0.25) is 10.0 Å². The Bertz CT molecular complexity index is 845. The predicted molar refractivity (Wildman–Crippen MR) is 99.5 cm³/mol. The molecule has 0 spiro atoms. The maximum atomic E-state index is 12.1. The van der Waals surface area contributed by atoms with Crippen molar-refractivity contribution in [2.24, 2.45) is 0 Å². The summed E-state index contributed by atoms with van der Waals surface area (Å²) in [6.45, 7) is 2.04. The summed E-state index contributed by atoms with van der Waals surface area (Å²) in [5, 5.41) is 0. The monoisotopic (exact) mass is 342 g/mol. The van der Waals surface area contributed by atoms with Gasteiger partial charge in [-0.1, -0.05) is 41.7 Å². The van der Waals surface area contributed by atoms with E-state index in [2.05, 4.69) is 16.6 Å². The van der Waals surface area contributed by atoms with Crippen LogP contribution < -0.4 is 9.62 Å². The number of benzene rings is 2. The summed E-state index contributed by atoms with van der Waals surface area (Å²) in [6, 6.07) is 15.3. The molecule has 0 aliphatic rings. The summed E-state index contributed by atoms with van der Waals surface area (Å²) in [7, 11) is 0.569. The van der Waals surface area contributed by atoms with Crippen LogP contribution in [0.25, 0.3) is 0 Å². The fraction of sp³-hybridized carbons (Fsp3) is 0.263. The summed E-state index contributed by atoms with van der Waals surface area (Å²) >= 11 is 0. The molecule has 1 N–H and O–H groups in total. The van der Waals surface area contributed by atoms with Crippen LogP contribution in [0.4, 0.5) is 5.69 Å². The van der Waals surface area contributed by atoms with Gasteiger partial charge < -0.3 is 4.90 Å². The van der Waals surface area contributed by atoms with Crippen LogP contribution in [0, 0.1) is 18.8 Å². The summed E-state index contributed by atoms with van der Waals surface area (Å²) < 4.78 is 26.6. The van der Waals surface area contributed by atoms with E-state index >= 15 is 0 Å². The first-order valence-corrected chi connectivity index (χ1v) is 9.30. The average molecular weight is 342 g/mol. The molecule has 0 saturated heterocycles. The van der Waals surface area contributed by atoms with E-state index in [-0.39, 0.29) is 12.3 Å². The number of sulfonamides is 1. The van der Waals surface area contributed by atoms with Crippen LogP contribution in [0.3, 0.4) is 0 Å². The number of hydrogen-bond donors (Lipinski definition) is 1. The third-order valence-electron chi connectivity index (χ3n) is 3.44. The van der Waals surface area contributed by atoms with Crippen LogP contribution in [0.1, 0.15) is 16.7 Å². The first-order chi connectivity index (χ1) is 11.4. The second-order valence-corrected chi connectivity index (χ2v) is 7.62. The lowest BCUT2D eigenvalue weighted by Crippen LogP contribution is -2.25. The van der Waals surface area contributed by atoms with Crippen LogP contribution in [0.2, 0.25) is 0 Å². The second-order valence-electron chi connectivity index (χ2n) is 5.81. The third kappa shape index (κ3) is 5.73. The molecule has 0 heterocycles. The zero-order valence-corrected chi connectivity index (χ0v) is 15.0.